The second-order valence-electron chi connectivity index (χ2n) is 4.75. The van der Waals surface area contributed by atoms with Crippen LogP contribution >= 0.6 is 0 Å². The molecule has 3 N–H and O–H groups in total. The predicted octanol–water partition coefficient (Wildman–Crippen LogP) is 0.511. The Bertz CT molecular complexity index is 299. The number of carbonyl (C=O) groups is 1. The van der Waals surface area contributed by atoms with Crippen LogP contribution in [0.3, 0.4) is 0 Å². The zero-order valence-corrected chi connectivity index (χ0v) is 14.2. The Labute approximate surface area is 134 Å². The topological polar surface area (TPSA) is 84.0 Å². The number of unbranched alkanes of at least 4 members (excludes halogenated alkanes) is 1. The molecule has 0 aromatic rings. The van der Waals surface area contributed by atoms with Gasteiger partial charge < -0.3 is 25.4 Å². The first kappa shape index (κ1) is 20.7. The summed E-state index contributed by atoms with van der Waals surface area (Å²) in [5, 5.41) is 9.01. The molecular formula is C15H32N4O3. The third-order valence-electron chi connectivity index (χ3n) is 2.66. The maximum Gasteiger partial charge on any atom is 0.216 e. The molecule has 0 aromatic heterocycles. The molecular weight excluding hydrogens is 284 g/mol. The molecule has 0 unspecified atom stereocenters. The molecule has 0 aliphatic carbocycles. The number of amides is 1. The van der Waals surface area contributed by atoms with Crippen molar-refractivity contribution in [3.05, 3.63) is 0 Å². The summed E-state index contributed by atoms with van der Waals surface area (Å²) >= 11 is 0. The number of guanidine groups is 1. The standard InChI is InChI=1S/C15H32N4O3/c1-4-6-10-21-12-13-22-11-9-19-15(16-5-2)18-8-7-17-14(3)20/h4-13H2,1-3H3,(H,17,20)(H2,16,18,19). The minimum absolute atomic E-state index is 0.0294. The molecule has 22 heavy (non-hydrogen) atoms. The number of hydrogen-bond donors (Lipinski definition) is 3. The quantitative estimate of drug-likeness (QED) is 0.262. The van der Waals surface area contributed by atoms with Gasteiger partial charge in [-0.25, -0.2) is 0 Å². The van der Waals surface area contributed by atoms with Crippen molar-refractivity contribution in [3.63, 3.8) is 0 Å². The number of aliphatic imine (C=N–C) groups is 1. The van der Waals surface area contributed by atoms with Crippen molar-refractivity contribution in [1.82, 2.24) is 16.0 Å². The minimum atomic E-state index is -0.0294. The van der Waals surface area contributed by atoms with Gasteiger partial charge in [0.25, 0.3) is 0 Å². The Morgan fingerprint density at radius 3 is 2.27 bits per heavy atom. The summed E-state index contributed by atoms with van der Waals surface area (Å²) in [4.78, 5) is 15.2. The molecule has 0 atom stereocenters. The van der Waals surface area contributed by atoms with Crippen LogP contribution in [-0.4, -0.2) is 64.5 Å². The Kier molecular flexibility index (Phi) is 15.1. The number of nitrogens with zero attached hydrogens (tertiary/aromatic N) is 1. The average Bonchev–Trinajstić information content (AvgIpc) is 2.49. The van der Waals surface area contributed by atoms with Crippen molar-refractivity contribution in [1.29, 1.82) is 0 Å². The fraction of sp³-hybridized carbons (Fsp3) is 0.867. The van der Waals surface area contributed by atoms with Crippen LogP contribution in [0.4, 0.5) is 0 Å². The molecule has 1 amide bonds. The van der Waals surface area contributed by atoms with E-state index in [1.54, 1.807) is 0 Å². The predicted molar refractivity (Wildman–Crippen MR) is 89.2 cm³/mol. The zero-order valence-electron chi connectivity index (χ0n) is 14.2. The van der Waals surface area contributed by atoms with Crippen molar-refractivity contribution in [2.24, 2.45) is 4.99 Å². The Morgan fingerprint density at radius 2 is 1.64 bits per heavy atom. The molecule has 7 heteroatoms. The molecule has 0 saturated heterocycles. The third-order valence-corrected chi connectivity index (χ3v) is 2.66. The highest BCUT2D eigenvalue weighted by atomic mass is 16.5. The van der Waals surface area contributed by atoms with E-state index in [0.717, 1.165) is 32.0 Å². The van der Waals surface area contributed by atoms with Gasteiger partial charge in [-0.3, -0.25) is 9.79 Å². The minimum Gasteiger partial charge on any atom is -0.379 e. The van der Waals surface area contributed by atoms with Crippen molar-refractivity contribution in [2.75, 3.05) is 52.6 Å². The molecule has 0 radical (unpaired) electrons. The first-order chi connectivity index (χ1) is 10.7. The van der Waals surface area contributed by atoms with Crippen LogP contribution in [0.1, 0.15) is 33.6 Å². The summed E-state index contributed by atoms with van der Waals surface area (Å²) < 4.78 is 10.9. The van der Waals surface area contributed by atoms with Gasteiger partial charge >= 0.3 is 0 Å². The Balaban J connectivity index is 3.62. The van der Waals surface area contributed by atoms with Gasteiger partial charge in [0.05, 0.1) is 26.4 Å². The highest BCUT2D eigenvalue weighted by Crippen LogP contribution is 1.88. The van der Waals surface area contributed by atoms with Gasteiger partial charge in [-0.15, -0.1) is 0 Å². The van der Waals surface area contributed by atoms with Crippen LogP contribution in [-0.2, 0) is 14.3 Å². The SMILES string of the molecule is CCCCOCCOCCN=C(NCC)NCCNC(C)=O. The molecule has 0 heterocycles. The van der Waals surface area contributed by atoms with Crippen molar-refractivity contribution < 1.29 is 14.3 Å². The number of ether oxygens (including phenoxy) is 2. The lowest BCUT2D eigenvalue weighted by atomic mass is 10.4. The lowest BCUT2D eigenvalue weighted by Gasteiger charge is -2.11. The summed E-state index contributed by atoms with van der Waals surface area (Å²) in [6, 6.07) is 0. The zero-order chi connectivity index (χ0) is 16.5. The van der Waals surface area contributed by atoms with Crippen LogP contribution in [0.2, 0.25) is 0 Å². The largest absolute Gasteiger partial charge is 0.379 e. The fourth-order valence-corrected chi connectivity index (χ4v) is 1.55. The smallest absolute Gasteiger partial charge is 0.216 e. The summed E-state index contributed by atoms with van der Waals surface area (Å²) in [7, 11) is 0. The van der Waals surface area contributed by atoms with Gasteiger partial charge in [0.1, 0.15) is 0 Å². The van der Waals surface area contributed by atoms with Gasteiger partial charge in [-0.05, 0) is 13.3 Å². The van der Waals surface area contributed by atoms with Gasteiger partial charge in [-0.1, -0.05) is 13.3 Å². The van der Waals surface area contributed by atoms with Crippen LogP contribution in [0.5, 0.6) is 0 Å². The van der Waals surface area contributed by atoms with Crippen LogP contribution < -0.4 is 16.0 Å². The van der Waals surface area contributed by atoms with Gasteiger partial charge in [0.2, 0.25) is 5.91 Å². The van der Waals surface area contributed by atoms with E-state index >= 15 is 0 Å². The van der Waals surface area contributed by atoms with Gasteiger partial charge in [0.15, 0.2) is 5.96 Å². The first-order valence-corrected chi connectivity index (χ1v) is 8.12. The van der Waals surface area contributed by atoms with Crippen LogP contribution in [0.15, 0.2) is 4.99 Å². The lowest BCUT2D eigenvalue weighted by Crippen LogP contribution is -2.41. The van der Waals surface area contributed by atoms with Crippen molar-refractivity contribution in [3.8, 4) is 0 Å². The molecule has 0 aromatic carbocycles. The lowest BCUT2D eigenvalue weighted by molar-refractivity contribution is -0.118. The summed E-state index contributed by atoms with van der Waals surface area (Å²) in [5.74, 6) is 0.703. The molecule has 7 nitrogen and oxygen atoms in total. The van der Waals surface area contributed by atoms with E-state index in [4.69, 9.17) is 9.47 Å². The number of nitrogens with one attached hydrogen (secondary N) is 3. The van der Waals surface area contributed by atoms with E-state index in [2.05, 4.69) is 27.9 Å². The van der Waals surface area contributed by atoms with Crippen molar-refractivity contribution >= 4 is 11.9 Å². The molecule has 0 saturated carbocycles. The monoisotopic (exact) mass is 316 g/mol. The van der Waals surface area contributed by atoms with E-state index in [-0.39, 0.29) is 5.91 Å². The molecule has 0 spiro atoms. The average molecular weight is 316 g/mol. The van der Waals surface area contributed by atoms with E-state index in [0.29, 0.717) is 39.5 Å². The number of hydrogen-bond acceptors (Lipinski definition) is 4. The Morgan fingerprint density at radius 1 is 0.955 bits per heavy atom. The summed E-state index contributed by atoms with van der Waals surface area (Å²) in [6.07, 6.45) is 2.25. The fourth-order valence-electron chi connectivity index (χ4n) is 1.55. The van der Waals surface area contributed by atoms with Crippen molar-refractivity contribution in [2.45, 2.75) is 33.6 Å². The maximum atomic E-state index is 10.8. The molecule has 0 rings (SSSR count). The van der Waals surface area contributed by atoms with E-state index in [9.17, 15) is 4.79 Å². The number of rotatable bonds is 13. The molecule has 130 valence electrons. The highest BCUT2D eigenvalue weighted by Gasteiger charge is 1.97. The molecule has 0 fully saturated rings. The van der Waals surface area contributed by atoms with Crippen LogP contribution in [0, 0.1) is 0 Å². The summed E-state index contributed by atoms with van der Waals surface area (Å²) in [5.41, 5.74) is 0. The first-order valence-electron chi connectivity index (χ1n) is 8.12. The second kappa shape index (κ2) is 16.0. The summed E-state index contributed by atoms with van der Waals surface area (Å²) in [6.45, 7) is 10.9. The van der Waals surface area contributed by atoms with E-state index in [1.165, 1.54) is 6.92 Å². The second-order valence-corrected chi connectivity index (χ2v) is 4.75. The normalized spacial score (nSPS) is 11.3. The maximum absolute atomic E-state index is 10.8. The number of carbonyl (C=O) groups excluding carboxylic acids is 1. The highest BCUT2D eigenvalue weighted by molar-refractivity contribution is 5.79. The molecule has 0 bridgehead atoms. The van der Waals surface area contributed by atoms with Gasteiger partial charge in [0, 0.05) is 33.2 Å². The third kappa shape index (κ3) is 15.1. The van der Waals surface area contributed by atoms with Gasteiger partial charge in [-0.2, -0.15) is 0 Å². The van der Waals surface area contributed by atoms with E-state index < -0.39 is 0 Å². The molecule has 0 aliphatic heterocycles. The Hall–Kier alpha value is -1.34. The van der Waals surface area contributed by atoms with E-state index in [1.807, 2.05) is 6.92 Å². The molecule has 0 aliphatic rings. The van der Waals surface area contributed by atoms with Crippen LogP contribution in [0.25, 0.3) is 0 Å².